The summed E-state index contributed by atoms with van der Waals surface area (Å²) in [6.45, 7) is 11.0. The van der Waals surface area contributed by atoms with Crippen molar-refractivity contribution in [3.05, 3.63) is 23.8 Å². The summed E-state index contributed by atoms with van der Waals surface area (Å²) in [7, 11) is 0. The maximum absolute atomic E-state index is 13.7. The number of allylic oxidation sites excluding steroid dienone is 2. The summed E-state index contributed by atoms with van der Waals surface area (Å²) < 4.78 is 25.7. The second-order valence-corrected chi connectivity index (χ2v) is 14.7. The van der Waals surface area contributed by atoms with E-state index < -0.39 is 28.5 Å². The number of ether oxygens (including phenoxy) is 4. The molecule has 0 radical (unpaired) electrons. The van der Waals surface area contributed by atoms with Gasteiger partial charge in [-0.3, -0.25) is 4.79 Å². The molecule has 1 saturated heterocycles. The highest BCUT2D eigenvalue weighted by molar-refractivity contribution is 8.22. The van der Waals surface area contributed by atoms with Crippen molar-refractivity contribution in [3.8, 4) is 0 Å². The summed E-state index contributed by atoms with van der Waals surface area (Å²) in [5, 5.41) is 11.2. The van der Waals surface area contributed by atoms with Gasteiger partial charge in [-0.2, -0.15) is 0 Å². The van der Waals surface area contributed by atoms with Gasteiger partial charge in [-0.25, -0.2) is 0 Å². The first kappa shape index (κ1) is 31.2. The van der Waals surface area contributed by atoms with Crippen LogP contribution in [0.2, 0.25) is 0 Å². The number of hydrogen-bond donors (Lipinski definition) is 1. The van der Waals surface area contributed by atoms with Gasteiger partial charge in [0.2, 0.25) is 4.38 Å². The van der Waals surface area contributed by atoms with Gasteiger partial charge < -0.3 is 28.8 Å². The number of aliphatic carboxylic acids is 1. The van der Waals surface area contributed by atoms with Crippen LogP contribution in [0.4, 0.5) is 0 Å². The van der Waals surface area contributed by atoms with Crippen LogP contribution < -0.4 is 0 Å². The number of carbonyl (C=O) groups excluding carboxylic acids is 1. The molecule has 4 bridgehead atoms. The van der Waals surface area contributed by atoms with Crippen molar-refractivity contribution >= 4 is 40.6 Å². The van der Waals surface area contributed by atoms with E-state index in [1.807, 2.05) is 32.3 Å². The minimum Gasteiger partial charge on any atom is -0.481 e. The Bertz CT molecular complexity index is 1110. The number of carboxylic acid groups (broad SMARTS) is 1. The fourth-order valence-electron chi connectivity index (χ4n) is 9.77. The zero-order valence-corrected chi connectivity index (χ0v) is 26.8. The number of hydrogen-bond acceptors (Lipinski definition) is 8. The van der Waals surface area contributed by atoms with E-state index in [0.29, 0.717) is 35.7 Å². The van der Waals surface area contributed by atoms with Gasteiger partial charge in [0.1, 0.15) is 23.9 Å². The van der Waals surface area contributed by atoms with Gasteiger partial charge in [-0.1, -0.05) is 62.8 Å². The van der Waals surface area contributed by atoms with Gasteiger partial charge in [0.15, 0.2) is 6.29 Å². The molecule has 4 fully saturated rings. The number of fused-ring (bicyclic) bond motifs is 2. The van der Waals surface area contributed by atoms with Crippen LogP contribution in [0.5, 0.6) is 0 Å². The van der Waals surface area contributed by atoms with Crippen LogP contribution in [0.1, 0.15) is 66.7 Å². The molecule has 0 aromatic heterocycles. The number of carboxylic acids is 1. The first-order chi connectivity index (χ1) is 19.5. The molecule has 5 rings (SSSR count). The zero-order valence-electron chi connectivity index (χ0n) is 25.2. The van der Waals surface area contributed by atoms with E-state index >= 15 is 0 Å². The lowest BCUT2D eigenvalue weighted by atomic mass is 9.43. The standard InChI is InChI=1S/C32H46O7S2/c1-7-8-11-36-27-20(5)38-26(13-25(27)39-29(40)41-6)37-17-31-15-22-19(4)9-10-23(22)30(16-33)14-21(31)12-24(18(2)3)32(30,31)28(34)35/h7-8,12,16,18-23,25-27H,9-11,13-15,17H2,1-6H3,(H,34,35)/b8-7+/t19?,20-,21?,22?,23?,25+,26-,27-,30?,31?,32?/m1/s1. The highest BCUT2D eigenvalue weighted by Gasteiger charge is 2.84. The molecule has 5 aliphatic rings. The molecule has 7 unspecified atom stereocenters. The third-order valence-corrected chi connectivity index (χ3v) is 12.3. The largest absolute Gasteiger partial charge is 0.481 e. The Kier molecular flexibility index (Phi) is 8.88. The van der Waals surface area contributed by atoms with Crippen molar-refractivity contribution in [3.63, 3.8) is 0 Å². The molecule has 228 valence electrons. The van der Waals surface area contributed by atoms with Crippen LogP contribution in [-0.2, 0) is 28.5 Å². The smallest absolute Gasteiger partial charge is 0.315 e. The van der Waals surface area contributed by atoms with E-state index in [0.717, 1.165) is 31.1 Å². The second kappa shape index (κ2) is 11.7. The van der Waals surface area contributed by atoms with Crippen LogP contribution in [-0.4, -0.2) is 65.8 Å². The monoisotopic (exact) mass is 606 g/mol. The topological polar surface area (TPSA) is 91.3 Å². The molecule has 7 nitrogen and oxygen atoms in total. The third kappa shape index (κ3) is 4.50. The minimum atomic E-state index is -1.26. The molecule has 0 amide bonds. The molecule has 9 heteroatoms. The average Bonchev–Trinajstić information content (AvgIpc) is 3.50. The zero-order chi connectivity index (χ0) is 29.7. The number of thiocarbonyl (C=S) groups is 1. The summed E-state index contributed by atoms with van der Waals surface area (Å²) in [5.41, 5.74) is -1.95. The number of aldehydes is 1. The SMILES string of the molecule is C/C=C/CO[C@H]1[C@@H](OC(=S)SC)C[C@H](OCC23CC4C(C)CCC4C4(C=O)CC2C=C(C(C)C)C43C(=O)O)O[C@@H]1C. The first-order valence-electron chi connectivity index (χ1n) is 15.2. The van der Waals surface area contributed by atoms with E-state index in [2.05, 4.69) is 26.8 Å². The van der Waals surface area contributed by atoms with Gasteiger partial charge in [-0.05, 0) is 81.2 Å². The summed E-state index contributed by atoms with van der Waals surface area (Å²) in [5.74, 6) is -0.000911. The van der Waals surface area contributed by atoms with Crippen molar-refractivity contribution in [2.75, 3.05) is 19.5 Å². The van der Waals surface area contributed by atoms with Crippen molar-refractivity contribution < 1.29 is 33.6 Å². The number of carbonyl (C=O) groups is 2. The fraction of sp³-hybridized carbons (Fsp3) is 0.781. The lowest BCUT2D eigenvalue weighted by Gasteiger charge is -2.58. The fourth-order valence-corrected chi connectivity index (χ4v) is 10.1. The molecule has 1 aliphatic heterocycles. The summed E-state index contributed by atoms with van der Waals surface area (Å²) in [4.78, 5) is 26.9. The van der Waals surface area contributed by atoms with Crippen molar-refractivity contribution in [1.29, 1.82) is 0 Å². The maximum Gasteiger partial charge on any atom is 0.315 e. The second-order valence-electron chi connectivity index (χ2n) is 13.3. The Labute approximate surface area is 254 Å². The van der Waals surface area contributed by atoms with Crippen molar-refractivity contribution in [1.82, 2.24) is 0 Å². The Morgan fingerprint density at radius 2 is 2.02 bits per heavy atom. The molecule has 1 heterocycles. The molecule has 1 N–H and O–H groups in total. The molecule has 4 aliphatic carbocycles. The van der Waals surface area contributed by atoms with Gasteiger partial charge in [0, 0.05) is 11.8 Å². The molecular weight excluding hydrogens is 560 g/mol. The van der Waals surface area contributed by atoms with Crippen LogP contribution in [0.25, 0.3) is 0 Å². The Hall–Kier alpha value is -1.26. The van der Waals surface area contributed by atoms with E-state index in [-0.39, 0.29) is 42.7 Å². The van der Waals surface area contributed by atoms with E-state index in [4.69, 9.17) is 31.2 Å². The van der Waals surface area contributed by atoms with E-state index in [9.17, 15) is 14.7 Å². The summed E-state index contributed by atoms with van der Waals surface area (Å²) in [6, 6.07) is 0. The molecule has 0 aromatic rings. The molecule has 3 saturated carbocycles. The number of rotatable bonds is 10. The third-order valence-electron chi connectivity index (χ3n) is 11.3. The van der Waals surface area contributed by atoms with Crippen LogP contribution in [0, 0.1) is 45.8 Å². The Balaban J connectivity index is 1.46. The predicted octanol–water partition coefficient (Wildman–Crippen LogP) is 6.06. The van der Waals surface area contributed by atoms with Crippen LogP contribution >= 0.6 is 24.0 Å². The predicted molar refractivity (Wildman–Crippen MR) is 162 cm³/mol. The highest BCUT2D eigenvalue weighted by atomic mass is 32.2. The molecule has 41 heavy (non-hydrogen) atoms. The normalized spacial score (nSPS) is 44.7. The van der Waals surface area contributed by atoms with Gasteiger partial charge >= 0.3 is 5.97 Å². The lowest BCUT2D eigenvalue weighted by molar-refractivity contribution is -0.266. The molecule has 11 atom stereocenters. The Morgan fingerprint density at radius 3 is 2.66 bits per heavy atom. The first-order valence-corrected chi connectivity index (χ1v) is 16.8. The maximum atomic E-state index is 13.7. The quantitative estimate of drug-likeness (QED) is 0.181. The summed E-state index contributed by atoms with van der Waals surface area (Å²) >= 11 is 6.77. The van der Waals surface area contributed by atoms with Gasteiger partial charge in [-0.15, -0.1) is 0 Å². The van der Waals surface area contributed by atoms with Gasteiger partial charge in [0.25, 0.3) is 0 Å². The summed E-state index contributed by atoms with van der Waals surface area (Å²) in [6.07, 6.45) is 11.1. The molecule has 0 aromatic carbocycles. The van der Waals surface area contributed by atoms with Crippen molar-refractivity contribution in [2.24, 2.45) is 45.8 Å². The van der Waals surface area contributed by atoms with Crippen LogP contribution in [0.15, 0.2) is 23.8 Å². The minimum absolute atomic E-state index is 0.0203. The lowest BCUT2D eigenvalue weighted by Crippen LogP contribution is -2.64. The number of thioether (sulfide) groups is 1. The molecule has 0 spiro atoms. The van der Waals surface area contributed by atoms with Crippen molar-refractivity contribution in [2.45, 2.75) is 91.3 Å². The van der Waals surface area contributed by atoms with E-state index in [1.165, 1.54) is 11.8 Å². The Morgan fingerprint density at radius 1 is 1.27 bits per heavy atom. The van der Waals surface area contributed by atoms with Gasteiger partial charge in [0.05, 0.1) is 24.7 Å². The highest BCUT2D eigenvalue weighted by Crippen LogP contribution is 2.82. The molecular formula is C32H46O7S2. The van der Waals surface area contributed by atoms with E-state index in [1.54, 1.807) is 0 Å². The van der Waals surface area contributed by atoms with Crippen LogP contribution in [0.3, 0.4) is 0 Å². The average molecular weight is 607 g/mol.